The molecule has 0 saturated carbocycles. The summed E-state index contributed by atoms with van der Waals surface area (Å²) in [5, 5.41) is 8.34. The van der Waals surface area contributed by atoms with Crippen LogP contribution < -0.4 is 5.32 Å². The van der Waals surface area contributed by atoms with Gasteiger partial charge in [0.05, 0.1) is 37.5 Å². The summed E-state index contributed by atoms with van der Waals surface area (Å²) < 4.78 is 12.6. The minimum atomic E-state index is 0.0698. The number of nitrogens with one attached hydrogen (secondary N) is 1. The molecule has 1 fully saturated rings. The van der Waals surface area contributed by atoms with E-state index in [4.69, 9.17) is 9.47 Å². The van der Waals surface area contributed by atoms with Crippen molar-refractivity contribution in [3.8, 4) is 0 Å². The molecule has 0 radical (unpaired) electrons. The maximum atomic E-state index is 5.57. The zero-order valence-electron chi connectivity index (χ0n) is 10.2. The summed E-state index contributed by atoms with van der Waals surface area (Å²) in [6.45, 7) is 2.62. The maximum Gasteiger partial charge on any atom is 0.163 e. The van der Waals surface area contributed by atoms with Crippen LogP contribution in [0.4, 0.5) is 5.82 Å². The highest BCUT2D eigenvalue weighted by molar-refractivity contribution is 5.85. The lowest BCUT2D eigenvalue weighted by Gasteiger charge is -2.23. The van der Waals surface area contributed by atoms with Crippen LogP contribution in [0, 0.1) is 0 Å². The number of fused-ring (bicyclic) bond motifs is 1. The summed E-state index contributed by atoms with van der Waals surface area (Å²) in [5.74, 6) is 0.780. The van der Waals surface area contributed by atoms with Crippen LogP contribution >= 0.6 is 0 Å². The van der Waals surface area contributed by atoms with Crippen molar-refractivity contribution in [2.75, 3.05) is 31.7 Å². The van der Waals surface area contributed by atoms with E-state index in [1.54, 1.807) is 10.9 Å². The molecule has 2 aromatic rings. The van der Waals surface area contributed by atoms with Gasteiger partial charge in [0, 0.05) is 13.6 Å². The predicted octanol–water partition coefficient (Wildman–Crippen LogP) is 0.191. The average Bonchev–Trinajstić information content (AvgIpc) is 2.80. The Morgan fingerprint density at radius 3 is 3.22 bits per heavy atom. The number of rotatable bonds is 3. The Labute approximate surface area is 104 Å². The quantitative estimate of drug-likeness (QED) is 0.837. The molecule has 18 heavy (non-hydrogen) atoms. The molecule has 3 rings (SSSR count). The molecule has 1 atom stereocenters. The molecule has 0 amide bonds. The van der Waals surface area contributed by atoms with E-state index in [-0.39, 0.29) is 6.10 Å². The second kappa shape index (κ2) is 4.87. The fraction of sp³-hybridized carbons (Fsp3) is 0.545. The minimum Gasteiger partial charge on any atom is -0.376 e. The van der Waals surface area contributed by atoms with Gasteiger partial charge in [0.15, 0.2) is 5.65 Å². The first-order valence-electron chi connectivity index (χ1n) is 5.90. The van der Waals surface area contributed by atoms with Crippen LogP contribution in [-0.4, -0.2) is 52.2 Å². The van der Waals surface area contributed by atoms with Crippen molar-refractivity contribution in [2.45, 2.75) is 6.10 Å². The molecule has 7 nitrogen and oxygen atoms in total. The highest BCUT2D eigenvalue weighted by Crippen LogP contribution is 2.17. The SMILES string of the molecule is Cn1ncc2c(NC[C@H]3COCCO3)ncnc21. The van der Waals surface area contributed by atoms with Gasteiger partial charge < -0.3 is 14.8 Å². The lowest BCUT2D eigenvalue weighted by molar-refractivity contribution is -0.0819. The Morgan fingerprint density at radius 1 is 1.44 bits per heavy atom. The van der Waals surface area contributed by atoms with E-state index in [2.05, 4.69) is 20.4 Å². The zero-order valence-corrected chi connectivity index (χ0v) is 10.2. The summed E-state index contributed by atoms with van der Waals surface area (Å²) >= 11 is 0. The van der Waals surface area contributed by atoms with Crippen molar-refractivity contribution in [1.82, 2.24) is 19.7 Å². The first kappa shape index (κ1) is 11.4. The molecule has 1 saturated heterocycles. The van der Waals surface area contributed by atoms with Crippen LogP contribution in [0.3, 0.4) is 0 Å². The van der Waals surface area contributed by atoms with Gasteiger partial charge in [0.25, 0.3) is 0 Å². The first-order chi connectivity index (χ1) is 8.84. The van der Waals surface area contributed by atoms with Gasteiger partial charge in [-0.05, 0) is 0 Å². The summed E-state index contributed by atoms with van der Waals surface area (Å²) in [4.78, 5) is 8.42. The minimum absolute atomic E-state index is 0.0698. The fourth-order valence-electron chi connectivity index (χ4n) is 1.97. The Morgan fingerprint density at radius 2 is 2.39 bits per heavy atom. The van der Waals surface area contributed by atoms with Crippen molar-refractivity contribution >= 4 is 16.9 Å². The van der Waals surface area contributed by atoms with Crippen LogP contribution in [-0.2, 0) is 16.5 Å². The van der Waals surface area contributed by atoms with E-state index in [0.717, 1.165) is 16.9 Å². The average molecular weight is 249 g/mol. The molecule has 0 aliphatic carbocycles. The van der Waals surface area contributed by atoms with Gasteiger partial charge in [-0.25, -0.2) is 9.97 Å². The third kappa shape index (κ3) is 2.14. The first-order valence-corrected chi connectivity index (χ1v) is 5.90. The topological polar surface area (TPSA) is 74.1 Å². The van der Waals surface area contributed by atoms with Crippen molar-refractivity contribution in [1.29, 1.82) is 0 Å². The summed E-state index contributed by atoms with van der Waals surface area (Å²) in [5.41, 5.74) is 0.813. The molecular weight excluding hydrogens is 234 g/mol. The smallest absolute Gasteiger partial charge is 0.163 e. The summed E-state index contributed by atoms with van der Waals surface area (Å²) in [7, 11) is 1.86. The maximum absolute atomic E-state index is 5.57. The molecule has 1 aliphatic heterocycles. The molecule has 96 valence electrons. The van der Waals surface area contributed by atoms with Crippen LogP contribution in [0.25, 0.3) is 11.0 Å². The van der Waals surface area contributed by atoms with Crippen molar-refractivity contribution in [3.05, 3.63) is 12.5 Å². The highest BCUT2D eigenvalue weighted by Gasteiger charge is 2.15. The number of nitrogens with zero attached hydrogens (tertiary/aromatic N) is 4. The van der Waals surface area contributed by atoms with Gasteiger partial charge in [0.2, 0.25) is 0 Å². The Bertz CT molecular complexity index is 535. The molecule has 3 heterocycles. The van der Waals surface area contributed by atoms with Gasteiger partial charge in [0.1, 0.15) is 12.1 Å². The van der Waals surface area contributed by atoms with Crippen LogP contribution in [0.1, 0.15) is 0 Å². The van der Waals surface area contributed by atoms with Gasteiger partial charge in [-0.2, -0.15) is 5.10 Å². The van der Waals surface area contributed by atoms with E-state index in [1.807, 2.05) is 7.05 Å². The Balaban J connectivity index is 1.74. The van der Waals surface area contributed by atoms with Gasteiger partial charge >= 0.3 is 0 Å². The van der Waals surface area contributed by atoms with Crippen molar-refractivity contribution in [3.63, 3.8) is 0 Å². The normalized spacial score (nSPS) is 20.2. The number of hydrogen-bond acceptors (Lipinski definition) is 6. The van der Waals surface area contributed by atoms with E-state index < -0.39 is 0 Å². The highest BCUT2D eigenvalue weighted by atomic mass is 16.6. The summed E-state index contributed by atoms with van der Waals surface area (Å²) in [6, 6.07) is 0. The molecule has 2 aromatic heterocycles. The monoisotopic (exact) mass is 249 g/mol. The van der Waals surface area contributed by atoms with Crippen LogP contribution in [0.2, 0.25) is 0 Å². The van der Waals surface area contributed by atoms with Gasteiger partial charge in [-0.15, -0.1) is 0 Å². The third-order valence-electron chi connectivity index (χ3n) is 2.91. The molecular formula is C11H15N5O2. The third-order valence-corrected chi connectivity index (χ3v) is 2.91. The lowest BCUT2D eigenvalue weighted by Crippen LogP contribution is -2.34. The molecule has 1 aliphatic rings. The van der Waals surface area contributed by atoms with E-state index in [0.29, 0.717) is 26.4 Å². The second-order valence-electron chi connectivity index (χ2n) is 4.18. The number of hydrogen-bond donors (Lipinski definition) is 1. The summed E-state index contributed by atoms with van der Waals surface area (Å²) in [6.07, 6.45) is 3.36. The molecule has 0 spiro atoms. The number of aromatic nitrogens is 4. The second-order valence-corrected chi connectivity index (χ2v) is 4.18. The van der Waals surface area contributed by atoms with E-state index in [9.17, 15) is 0 Å². The zero-order chi connectivity index (χ0) is 12.4. The van der Waals surface area contributed by atoms with Crippen LogP contribution in [0.5, 0.6) is 0 Å². The molecule has 0 aromatic carbocycles. The number of anilines is 1. The van der Waals surface area contributed by atoms with Gasteiger partial charge in [-0.3, -0.25) is 4.68 Å². The van der Waals surface area contributed by atoms with E-state index in [1.165, 1.54) is 6.33 Å². The van der Waals surface area contributed by atoms with Gasteiger partial charge in [-0.1, -0.05) is 0 Å². The van der Waals surface area contributed by atoms with Crippen molar-refractivity contribution < 1.29 is 9.47 Å². The molecule has 0 bridgehead atoms. The standard InChI is InChI=1S/C11H15N5O2/c1-16-11-9(5-15-16)10(13-7-14-11)12-4-8-6-17-2-3-18-8/h5,7-8H,2-4,6H2,1H3,(H,12,13,14)/t8-/m0/s1. The molecule has 0 unspecified atom stereocenters. The van der Waals surface area contributed by atoms with Crippen molar-refractivity contribution in [2.24, 2.45) is 7.05 Å². The molecule has 1 N–H and O–H groups in total. The van der Waals surface area contributed by atoms with Crippen LogP contribution in [0.15, 0.2) is 12.5 Å². The fourth-order valence-corrected chi connectivity index (χ4v) is 1.97. The lowest BCUT2D eigenvalue weighted by atomic mass is 10.3. The Kier molecular flexibility index (Phi) is 3.07. The number of aryl methyl sites for hydroxylation is 1. The largest absolute Gasteiger partial charge is 0.376 e. The van der Waals surface area contributed by atoms with E-state index >= 15 is 0 Å². The Hall–Kier alpha value is -1.73. The number of ether oxygens (including phenoxy) is 2. The molecule has 7 heteroatoms. The predicted molar refractivity (Wildman–Crippen MR) is 65.4 cm³/mol.